The van der Waals surface area contributed by atoms with Gasteiger partial charge in [-0.25, -0.2) is 0 Å². The van der Waals surface area contributed by atoms with Crippen molar-refractivity contribution in [3.63, 3.8) is 0 Å². The molecule has 3 rings (SSSR count). The summed E-state index contributed by atoms with van der Waals surface area (Å²) in [5, 5.41) is 7.91. The lowest BCUT2D eigenvalue weighted by Gasteiger charge is -2.26. The summed E-state index contributed by atoms with van der Waals surface area (Å²) in [5.74, 6) is 0.269. The summed E-state index contributed by atoms with van der Waals surface area (Å²) in [5.41, 5.74) is 9.54. The van der Waals surface area contributed by atoms with Crippen LogP contribution in [-0.4, -0.2) is 41.3 Å². The second-order valence-electron chi connectivity index (χ2n) is 8.43. The number of rotatable bonds is 6. The number of thiol groups is 1. The number of aliphatic carboxylic acids is 1. The lowest BCUT2D eigenvalue weighted by Crippen LogP contribution is -2.25. The average molecular weight is 507 g/mol. The fraction of sp³-hybridized carbons (Fsp3) is 0.536. The molecule has 1 aliphatic rings. The van der Waals surface area contributed by atoms with E-state index >= 15 is 0 Å². The number of hydrogen-bond donors (Lipinski definition) is 3. The number of hydrogen-bond acceptors (Lipinski definition) is 5. The maximum atomic E-state index is 9.60. The van der Waals surface area contributed by atoms with E-state index in [1.807, 2.05) is 25.1 Å². The van der Waals surface area contributed by atoms with Gasteiger partial charge < -0.3 is 10.8 Å². The van der Waals surface area contributed by atoms with Crippen LogP contribution in [0.5, 0.6) is 0 Å². The van der Waals surface area contributed by atoms with E-state index in [2.05, 4.69) is 74.5 Å². The first kappa shape index (κ1) is 32.5. The first-order valence-electron chi connectivity index (χ1n) is 12.3. The van der Waals surface area contributed by atoms with Crippen LogP contribution in [0.25, 0.3) is 0 Å². The molecule has 0 bridgehead atoms. The zero-order chi connectivity index (χ0) is 25.8. The topological polar surface area (TPSA) is 66.6 Å². The molecule has 1 fully saturated rings. The highest BCUT2D eigenvalue weighted by atomic mass is 32.2. The van der Waals surface area contributed by atoms with E-state index in [0.717, 1.165) is 25.3 Å². The minimum absolute atomic E-state index is 0.292. The predicted octanol–water partition coefficient (Wildman–Crippen LogP) is 7.04. The number of aryl methyl sites for hydroxylation is 2. The van der Waals surface area contributed by atoms with Crippen LogP contribution in [-0.2, 0) is 11.2 Å². The Kier molecular flexibility index (Phi) is 20.0. The molecule has 1 heterocycles. The zero-order valence-corrected chi connectivity index (χ0v) is 23.5. The van der Waals surface area contributed by atoms with Crippen LogP contribution >= 0.6 is 24.6 Å². The van der Waals surface area contributed by atoms with Gasteiger partial charge in [0, 0.05) is 24.4 Å². The van der Waals surface area contributed by atoms with Crippen molar-refractivity contribution in [1.82, 2.24) is 4.31 Å². The SMILES string of the molecule is CCC1CCN(S)CC1.CCCC(=O)O.CSc1ccc(CCN)c(C)c1.Cc1ccccc1. The van der Waals surface area contributed by atoms with Gasteiger partial charge in [0.1, 0.15) is 0 Å². The second-order valence-corrected chi connectivity index (χ2v) is 9.88. The molecule has 2 aromatic rings. The Balaban J connectivity index is 0.000000443. The number of benzene rings is 2. The summed E-state index contributed by atoms with van der Waals surface area (Å²) in [6.45, 7) is 11.4. The Morgan fingerprint density at radius 2 is 1.74 bits per heavy atom. The Hall–Kier alpha value is -1.47. The number of thioether (sulfide) groups is 1. The number of carboxylic acids is 1. The zero-order valence-electron chi connectivity index (χ0n) is 21.8. The van der Waals surface area contributed by atoms with E-state index < -0.39 is 5.97 Å². The van der Waals surface area contributed by atoms with Crippen molar-refractivity contribution < 1.29 is 9.90 Å². The summed E-state index contributed by atoms with van der Waals surface area (Å²) in [6, 6.07) is 16.8. The lowest BCUT2D eigenvalue weighted by atomic mass is 9.96. The average Bonchev–Trinajstić information content (AvgIpc) is 2.83. The number of nitrogens with two attached hydrogens (primary N) is 1. The molecule has 192 valence electrons. The van der Waals surface area contributed by atoms with Gasteiger partial charge in [-0.15, -0.1) is 11.8 Å². The first-order valence-corrected chi connectivity index (χ1v) is 13.9. The van der Waals surface area contributed by atoms with Gasteiger partial charge in [-0.05, 0) is 81.5 Å². The van der Waals surface area contributed by atoms with E-state index in [4.69, 9.17) is 10.8 Å². The van der Waals surface area contributed by atoms with Gasteiger partial charge in [-0.3, -0.25) is 9.10 Å². The van der Waals surface area contributed by atoms with E-state index in [9.17, 15) is 4.79 Å². The number of carbonyl (C=O) groups is 1. The van der Waals surface area contributed by atoms with Crippen LogP contribution < -0.4 is 5.73 Å². The molecule has 0 aliphatic carbocycles. The molecule has 0 amide bonds. The Bertz CT molecular complexity index is 764. The number of piperidine rings is 1. The molecule has 6 heteroatoms. The van der Waals surface area contributed by atoms with Crippen LogP contribution in [0.1, 0.15) is 62.6 Å². The molecule has 34 heavy (non-hydrogen) atoms. The van der Waals surface area contributed by atoms with Crippen molar-refractivity contribution >= 4 is 30.5 Å². The van der Waals surface area contributed by atoms with Gasteiger partial charge >= 0.3 is 5.97 Å². The van der Waals surface area contributed by atoms with E-state index in [-0.39, 0.29) is 0 Å². The highest BCUT2D eigenvalue weighted by Crippen LogP contribution is 2.20. The van der Waals surface area contributed by atoms with Gasteiger partial charge in [0.15, 0.2) is 0 Å². The Labute approximate surface area is 218 Å². The molecule has 0 radical (unpaired) electrons. The van der Waals surface area contributed by atoms with E-state index in [1.54, 1.807) is 11.8 Å². The minimum Gasteiger partial charge on any atom is -0.481 e. The first-order chi connectivity index (χ1) is 16.3. The van der Waals surface area contributed by atoms with Gasteiger partial charge in [-0.2, -0.15) is 0 Å². The minimum atomic E-state index is -0.711. The van der Waals surface area contributed by atoms with E-state index in [0.29, 0.717) is 6.42 Å². The molecule has 1 saturated heterocycles. The maximum absolute atomic E-state index is 9.60. The third-order valence-corrected chi connectivity index (χ3v) is 6.66. The molecule has 0 aromatic heterocycles. The predicted molar refractivity (Wildman–Crippen MR) is 153 cm³/mol. The highest BCUT2D eigenvalue weighted by molar-refractivity contribution is 7.98. The monoisotopic (exact) mass is 506 g/mol. The van der Waals surface area contributed by atoms with Gasteiger partial charge in [-0.1, -0.05) is 75.0 Å². The van der Waals surface area contributed by atoms with Crippen molar-refractivity contribution in [2.45, 2.75) is 71.1 Å². The largest absolute Gasteiger partial charge is 0.481 e. The van der Waals surface area contributed by atoms with Crippen molar-refractivity contribution in [2.24, 2.45) is 11.7 Å². The summed E-state index contributed by atoms with van der Waals surface area (Å²) < 4.78 is 2.12. The van der Waals surface area contributed by atoms with Crippen LogP contribution in [0, 0.1) is 19.8 Å². The van der Waals surface area contributed by atoms with Crippen molar-refractivity contribution in [3.05, 3.63) is 65.2 Å². The van der Waals surface area contributed by atoms with Gasteiger partial charge in [0.25, 0.3) is 0 Å². The number of nitrogens with zero attached hydrogens (tertiary/aromatic N) is 1. The summed E-state index contributed by atoms with van der Waals surface area (Å²) in [6.07, 6.45) is 8.15. The standard InChI is InChI=1S/C10H15NS.C7H15NS.C7H8.C4H8O2/c1-8-7-10(12-2)4-3-9(8)5-6-11;1-2-7-3-5-8(9)6-4-7;1-7-5-3-2-4-6-7;1-2-3-4(5)6/h3-4,7H,5-6,11H2,1-2H3;7,9H,2-6H2,1H3;2-6H,1H3;2-3H2,1H3,(H,5,6). The smallest absolute Gasteiger partial charge is 0.303 e. The molecular formula is C28H46N2O2S2. The molecule has 0 saturated carbocycles. The molecule has 4 nitrogen and oxygen atoms in total. The molecular weight excluding hydrogens is 460 g/mol. The van der Waals surface area contributed by atoms with Crippen molar-refractivity contribution in [2.75, 3.05) is 25.9 Å². The normalized spacial score (nSPS) is 13.4. The highest BCUT2D eigenvalue weighted by Gasteiger charge is 2.14. The third-order valence-electron chi connectivity index (χ3n) is 5.54. The van der Waals surface area contributed by atoms with E-state index in [1.165, 1.54) is 53.9 Å². The fourth-order valence-corrected chi connectivity index (χ4v) is 4.04. The quantitative estimate of drug-likeness (QED) is 0.290. The molecule has 0 spiro atoms. The van der Waals surface area contributed by atoms with Crippen LogP contribution in [0.4, 0.5) is 0 Å². The second kappa shape index (κ2) is 20.9. The maximum Gasteiger partial charge on any atom is 0.303 e. The van der Waals surface area contributed by atoms with Crippen LogP contribution in [0.15, 0.2) is 53.4 Å². The summed E-state index contributed by atoms with van der Waals surface area (Å²) in [4.78, 5) is 10.9. The third kappa shape index (κ3) is 17.0. The molecule has 0 atom stereocenters. The molecule has 0 unspecified atom stereocenters. The fourth-order valence-electron chi connectivity index (χ4n) is 3.31. The van der Waals surface area contributed by atoms with Crippen LogP contribution in [0.2, 0.25) is 0 Å². The van der Waals surface area contributed by atoms with Crippen LogP contribution in [0.3, 0.4) is 0 Å². The van der Waals surface area contributed by atoms with Gasteiger partial charge in [0.2, 0.25) is 0 Å². The summed E-state index contributed by atoms with van der Waals surface area (Å²) >= 11 is 6.05. The summed E-state index contributed by atoms with van der Waals surface area (Å²) in [7, 11) is 0. The van der Waals surface area contributed by atoms with Crippen molar-refractivity contribution in [1.29, 1.82) is 0 Å². The van der Waals surface area contributed by atoms with Crippen molar-refractivity contribution in [3.8, 4) is 0 Å². The number of carboxylic acid groups (broad SMARTS) is 1. The Morgan fingerprint density at radius 3 is 2.09 bits per heavy atom. The molecule has 2 aromatic carbocycles. The molecule has 1 aliphatic heterocycles. The lowest BCUT2D eigenvalue weighted by molar-refractivity contribution is -0.137. The molecule has 3 N–H and O–H groups in total. The van der Waals surface area contributed by atoms with Gasteiger partial charge in [0.05, 0.1) is 0 Å². The Morgan fingerprint density at radius 1 is 1.12 bits per heavy atom.